The van der Waals surface area contributed by atoms with Crippen molar-refractivity contribution in [1.82, 2.24) is 14.7 Å². The molecular weight excluding hydrogens is 318 g/mol. The summed E-state index contributed by atoms with van der Waals surface area (Å²) < 4.78 is 1.74. The molecule has 6 heteroatoms. The van der Waals surface area contributed by atoms with Crippen LogP contribution in [-0.4, -0.2) is 37.7 Å². The monoisotopic (exact) mass is 343 g/mol. The lowest BCUT2D eigenvalue weighted by Gasteiger charge is -2.26. The van der Waals surface area contributed by atoms with Crippen molar-refractivity contribution in [3.05, 3.63) is 53.3 Å². The molecule has 6 nitrogen and oxygen atoms in total. The number of carboxylic acids is 1. The highest BCUT2D eigenvalue weighted by Crippen LogP contribution is 2.20. The van der Waals surface area contributed by atoms with Gasteiger partial charge in [-0.3, -0.25) is 9.48 Å². The number of benzene rings is 1. The Bertz CT molecular complexity index is 760. The van der Waals surface area contributed by atoms with Gasteiger partial charge in [0.1, 0.15) is 6.04 Å². The number of carbonyl (C=O) groups is 2. The zero-order chi connectivity index (χ0) is 18.8. The van der Waals surface area contributed by atoms with Gasteiger partial charge in [0, 0.05) is 12.7 Å². The first-order valence-electron chi connectivity index (χ1n) is 8.25. The number of aromatic nitrogens is 2. The van der Waals surface area contributed by atoms with Crippen molar-refractivity contribution in [2.75, 3.05) is 0 Å². The number of rotatable bonds is 5. The quantitative estimate of drug-likeness (QED) is 0.905. The summed E-state index contributed by atoms with van der Waals surface area (Å²) in [5.74, 6) is -1.36. The molecule has 0 aliphatic rings. The summed E-state index contributed by atoms with van der Waals surface area (Å²) in [6, 6.07) is 8.43. The molecule has 0 fully saturated rings. The van der Waals surface area contributed by atoms with E-state index in [2.05, 4.69) is 5.10 Å². The highest BCUT2D eigenvalue weighted by atomic mass is 16.4. The van der Waals surface area contributed by atoms with Gasteiger partial charge < -0.3 is 10.0 Å². The van der Waals surface area contributed by atoms with Crippen molar-refractivity contribution in [2.45, 2.75) is 52.7 Å². The molecule has 1 N–H and O–H groups in total. The van der Waals surface area contributed by atoms with Crippen LogP contribution < -0.4 is 0 Å². The Hall–Kier alpha value is -2.63. The third kappa shape index (κ3) is 4.26. The van der Waals surface area contributed by atoms with Crippen LogP contribution in [0.4, 0.5) is 0 Å². The fourth-order valence-corrected chi connectivity index (χ4v) is 2.47. The molecule has 1 aromatic heterocycles. The van der Waals surface area contributed by atoms with Crippen molar-refractivity contribution in [1.29, 1.82) is 0 Å². The van der Waals surface area contributed by atoms with Crippen LogP contribution in [0.1, 0.15) is 49.3 Å². The number of aliphatic carboxylic acids is 1. The number of carboxylic acid groups (broad SMARTS) is 1. The average Bonchev–Trinajstić information content (AvgIpc) is 2.94. The average molecular weight is 343 g/mol. The van der Waals surface area contributed by atoms with Crippen LogP contribution in [-0.2, 0) is 16.9 Å². The molecule has 0 spiro atoms. The number of carbonyl (C=O) groups excluding carboxylic acids is 1. The Morgan fingerprint density at radius 2 is 1.84 bits per heavy atom. The molecule has 0 radical (unpaired) electrons. The van der Waals surface area contributed by atoms with E-state index in [0.29, 0.717) is 11.3 Å². The van der Waals surface area contributed by atoms with Gasteiger partial charge in [0.05, 0.1) is 16.8 Å². The van der Waals surface area contributed by atoms with E-state index in [9.17, 15) is 14.7 Å². The highest BCUT2D eigenvalue weighted by molar-refractivity contribution is 5.97. The summed E-state index contributed by atoms with van der Waals surface area (Å²) in [4.78, 5) is 25.9. The largest absolute Gasteiger partial charge is 0.480 e. The Kier molecular flexibility index (Phi) is 5.30. The van der Waals surface area contributed by atoms with E-state index >= 15 is 0 Å². The molecule has 1 unspecified atom stereocenters. The minimum Gasteiger partial charge on any atom is -0.480 e. The number of aryl methyl sites for hydroxylation is 1. The highest BCUT2D eigenvalue weighted by Gasteiger charge is 2.29. The molecule has 0 saturated heterocycles. The molecule has 0 aliphatic heterocycles. The van der Waals surface area contributed by atoms with E-state index < -0.39 is 12.0 Å². The van der Waals surface area contributed by atoms with Gasteiger partial charge in [-0.25, -0.2) is 4.79 Å². The fraction of sp³-hybridized carbons (Fsp3) is 0.421. The maximum Gasteiger partial charge on any atom is 0.326 e. The molecule has 2 aromatic rings. The van der Waals surface area contributed by atoms with E-state index in [0.717, 1.165) is 5.56 Å². The molecule has 2 rings (SSSR count). The minimum absolute atomic E-state index is 0.229. The summed E-state index contributed by atoms with van der Waals surface area (Å²) in [5.41, 5.74) is 1.64. The standard InChI is InChI=1S/C19H25N3O3/c1-13-16(12-22(20-13)19(3,4)5)17(23)21(14(2)18(24)25)11-15-9-7-6-8-10-15/h6-10,12,14H,11H2,1-5H3,(H,24,25). The van der Waals surface area contributed by atoms with Crippen LogP contribution in [0, 0.1) is 6.92 Å². The molecule has 0 aliphatic carbocycles. The number of amides is 1. The maximum absolute atomic E-state index is 13.1. The normalized spacial score (nSPS) is 12.7. The summed E-state index contributed by atoms with van der Waals surface area (Å²) in [5, 5.41) is 13.8. The van der Waals surface area contributed by atoms with Gasteiger partial charge in [-0.15, -0.1) is 0 Å². The Morgan fingerprint density at radius 1 is 1.24 bits per heavy atom. The van der Waals surface area contributed by atoms with Gasteiger partial charge >= 0.3 is 5.97 Å². The number of nitrogens with zero attached hydrogens (tertiary/aromatic N) is 3. The molecule has 1 aromatic carbocycles. The van der Waals surface area contributed by atoms with Crippen molar-refractivity contribution in [3.8, 4) is 0 Å². The minimum atomic E-state index is -1.04. The third-order valence-corrected chi connectivity index (χ3v) is 4.10. The lowest BCUT2D eigenvalue weighted by Crippen LogP contribution is -2.42. The summed E-state index contributed by atoms with van der Waals surface area (Å²) >= 11 is 0. The maximum atomic E-state index is 13.1. The predicted molar refractivity (Wildman–Crippen MR) is 95.4 cm³/mol. The zero-order valence-corrected chi connectivity index (χ0v) is 15.4. The Balaban J connectivity index is 2.38. The van der Waals surface area contributed by atoms with E-state index in [-0.39, 0.29) is 18.0 Å². The first-order chi connectivity index (χ1) is 11.6. The second-order valence-corrected chi connectivity index (χ2v) is 7.18. The van der Waals surface area contributed by atoms with Crippen molar-refractivity contribution >= 4 is 11.9 Å². The van der Waals surface area contributed by atoms with Gasteiger partial charge in [-0.1, -0.05) is 30.3 Å². The van der Waals surface area contributed by atoms with Gasteiger partial charge in [-0.05, 0) is 40.2 Å². The van der Waals surface area contributed by atoms with Gasteiger partial charge in [-0.2, -0.15) is 5.10 Å². The first-order valence-corrected chi connectivity index (χ1v) is 8.25. The number of hydrogen-bond acceptors (Lipinski definition) is 3. The van der Waals surface area contributed by atoms with Crippen LogP contribution in [0.2, 0.25) is 0 Å². The smallest absolute Gasteiger partial charge is 0.326 e. The Labute approximate surface area is 148 Å². The summed E-state index contributed by atoms with van der Waals surface area (Å²) in [6.07, 6.45) is 1.70. The summed E-state index contributed by atoms with van der Waals surface area (Å²) in [6.45, 7) is 9.50. The molecule has 134 valence electrons. The van der Waals surface area contributed by atoms with Crippen molar-refractivity contribution in [2.24, 2.45) is 0 Å². The van der Waals surface area contributed by atoms with Crippen molar-refractivity contribution in [3.63, 3.8) is 0 Å². The molecule has 0 saturated carbocycles. The van der Waals surface area contributed by atoms with E-state index in [1.165, 1.54) is 11.8 Å². The van der Waals surface area contributed by atoms with Crippen LogP contribution in [0.3, 0.4) is 0 Å². The second kappa shape index (κ2) is 7.09. The predicted octanol–water partition coefficient (Wildman–Crippen LogP) is 3.06. The van der Waals surface area contributed by atoms with Crippen LogP contribution in [0.5, 0.6) is 0 Å². The lowest BCUT2D eigenvalue weighted by molar-refractivity contribution is -0.141. The molecule has 1 amide bonds. The van der Waals surface area contributed by atoms with Gasteiger partial charge in [0.25, 0.3) is 5.91 Å². The Morgan fingerprint density at radius 3 is 2.32 bits per heavy atom. The molecule has 25 heavy (non-hydrogen) atoms. The first kappa shape index (κ1) is 18.7. The SMILES string of the molecule is Cc1nn(C(C)(C)C)cc1C(=O)N(Cc1ccccc1)C(C)C(=O)O. The number of hydrogen-bond donors (Lipinski definition) is 1. The second-order valence-electron chi connectivity index (χ2n) is 7.18. The van der Waals surface area contributed by atoms with Crippen LogP contribution >= 0.6 is 0 Å². The van der Waals surface area contributed by atoms with Crippen LogP contribution in [0.25, 0.3) is 0 Å². The summed E-state index contributed by atoms with van der Waals surface area (Å²) in [7, 11) is 0. The van der Waals surface area contributed by atoms with Crippen LogP contribution in [0.15, 0.2) is 36.5 Å². The van der Waals surface area contributed by atoms with Gasteiger partial charge in [0.2, 0.25) is 0 Å². The zero-order valence-electron chi connectivity index (χ0n) is 15.4. The fourth-order valence-electron chi connectivity index (χ4n) is 2.47. The molecule has 0 bridgehead atoms. The van der Waals surface area contributed by atoms with E-state index in [1.54, 1.807) is 17.8 Å². The van der Waals surface area contributed by atoms with E-state index in [1.807, 2.05) is 51.1 Å². The van der Waals surface area contributed by atoms with Crippen molar-refractivity contribution < 1.29 is 14.7 Å². The van der Waals surface area contributed by atoms with E-state index in [4.69, 9.17) is 0 Å². The molecular formula is C19H25N3O3. The van der Waals surface area contributed by atoms with Gasteiger partial charge in [0.15, 0.2) is 0 Å². The topological polar surface area (TPSA) is 75.4 Å². The molecule has 1 atom stereocenters. The molecule has 1 heterocycles. The lowest BCUT2D eigenvalue weighted by atomic mass is 10.1. The third-order valence-electron chi connectivity index (χ3n) is 4.10.